The fourth-order valence-corrected chi connectivity index (χ4v) is 2.43. The molecule has 0 aromatic rings. The quantitative estimate of drug-likeness (QED) is 0.450. The monoisotopic (exact) mass is 239 g/mol. The topological polar surface area (TPSA) is 12.0 Å². The molecular formula is C16H33N. The third kappa shape index (κ3) is 10.8. The van der Waals surface area contributed by atoms with Gasteiger partial charge in [-0.3, -0.25) is 0 Å². The summed E-state index contributed by atoms with van der Waals surface area (Å²) in [7, 11) is 0. The summed E-state index contributed by atoms with van der Waals surface area (Å²) in [6.07, 6.45) is 17.3. The van der Waals surface area contributed by atoms with Crippen molar-refractivity contribution in [2.75, 3.05) is 13.1 Å². The first kappa shape index (κ1) is 15.0. The van der Waals surface area contributed by atoms with Gasteiger partial charge in [-0.2, -0.15) is 0 Å². The SMILES string of the molecule is CCCCCCCCCCNCCCC1CC1. The Labute approximate surface area is 109 Å². The van der Waals surface area contributed by atoms with E-state index in [1.807, 2.05) is 0 Å². The maximum Gasteiger partial charge on any atom is -0.00488 e. The van der Waals surface area contributed by atoms with Crippen LogP contribution in [0.4, 0.5) is 0 Å². The largest absolute Gasteiger partial charge is 0.317 e. The van der Waals surface area contributed by atoms with Crippen molar-refractivity contribution in [3.05, 3.63) is 0 Å². The molecule has 1 aliphatic rings. The van der Waals surface area contributed by atoms with Gasteiger partial charge in [0, 0.05) is 0 Å². The number of unbranched alkanes of at least 4 members (excludes halogenated alkanes) is 7. The molecule has 0 aromatic carbocycles. The van der Waals surface area contributed by atoms with Gasteiger partial charge in [-0.1, -0.05) is 64.7 Å². The predicted octanol–water partition coefficient (Wildman–Crippen LogP) is 4.91. The van der Waals surface area contributed by atoms with Crippen molar-refractivity contribution in [3.63, 3.8) is 0 Å². The van der Waals surface area contributed by atoms with Crippen LogP contribution in [0.3, 0.4) is 0 Å². The molecule has 0 heterocycles. The molecule has 0 amide bonds. The van der Waals surface area contributed by atoms with Crippen molar-refractivity contribution >= 4 is 0 Å². The Balaban J connectivity index is 1.61. The van der Waals surface area contributed by atoms with Gasteiger partial charge in [-0.25, -0.2) is 0 Å². The van der Waals surface area contributed by atoms with Gasteiger partial charge >= 0.3 is 0 Å². The number of hydrogen-bond donors (Lipinski definition) is 1. The van der Waals surface area contributed by atoms with Crippen molar-refractivity contribution < 1.29 is 0 Å². The lowest BCUT2D eigenvalue weighted by atomic mass is 10.1. The van der Waals surface area contributed by atoms with Gasteiger partial charge in [-0.05, 0) is 38.3 Å². The lowest BCUT2D eigenvalue weighted by Crippen LogP contribution is -2.16. The molecule has 0 radical (unpaired) electrons. The Hall–Kier alpha value is -0.0400. The lowest BCUT2D eigenvalue weighted by Gasteiger charge is -2.04. The van der Waals surface area contributed by atoms with Crippen LogP contribution >= 0.6 is 0 Å². The van der Waals surface area contributed by atoms with Crippen LogP contribution in [0.25, 0.3) is 0 Å². The number of nitrogens with one attached hydrogen (secondary N) is 1. The van der Waals surface area contributed by atoms with Crippen molar-refractivity contribution in [3.8, 4) is 0 Å². The van der Waals surface area contributed by atoms with Crippen molar-refractivity contribution in [1.82, 2.24) is 5.32 Å². The van der Waals surface area contributed by atoms with Gasteiger partial charge in [0.2, 0.25) is 0 Å². The van der Waals surface area contributed by atoms with E-state index in [9.17, 15) is 0 Å². The Kier molecular flexibility index (Phi) is 9.78. The van der Waals surface area contributed by atoms with E-state index in [1.54, 1.807) is 0 Å². The van der Waals surface area contributed by atoms with Gasteiger partial charge in [0.25, 0.3) is 0 Å². The molecule has 17 heavy (non-hydrogen) atoms. The molecule has 0 atom stereocenters. The highest BCUT2D eigenvalue weighted by molar-refractivity contribution is 4.72. The Bertz CT molecular complexity index is 152. The summed E-state index contributed by atoms with van der Waals surface area (Å²) >= 11 is 0. The summed E-state index contributed by atoms with van der Waals surface area (Å²) in [5.74, 6) is 1.11. The Morgan fingerprint density at radius 2 is 1.35 bits per heavy atom. The van der Waals surface area contributed by atoms with E-state index in [1.165, 1.54) is 90.1 Å². The molecule has 0 unspecified atom stereocenters. The molecule has 102 valence electrons. The number of hydrogen-bond acceptors (Lipinski definition) is 1. The minimum absolute atomic E-state index is 1.11. The highest BCUT2D eigenvalue weighted by Gasteiger charge is 2.19. The van der Waals surface area contributed by atoms with Crippen LogP contribution in [0, 0.1) is 5.92 Å². The summed E-state index contributed by atoms with van der Waals surface area (Å²) in [6, 6.07) is 0. The van der Waals surface area contributed by atoms with Crippen LogP contribution in [0.15, 0.2) is 0 Å². The first-order valence-electron chi connectivity index (χ1n) is 8.14. The molecule has 1 saturated carbocycles. The maximum absolute atomic E-state index is 3.58. The molecule has 1 heteroatoms. The second-order valence-electron chi connectivity index (χ2n) is 5.81. The molecule has 1 fully saturated rings. The van der Waals surface area contributed by atoms with E-state index < -0.39 is 0 Å². The summed E-state index contributed by atoms with van der Waals surface area (Å²) in [5, 5.41) is 3.58. The normalized spacial score (nSPS) is 15.4. The molecular weight excluding hydrogens is 206 g/mol. The van der Waals surface area contributed by atoms with E-state index in [4.69, 9.17) is 0 Å². The van der Waals surface area contributed by atoms with Crippen LogP contribution in [0.5, 0.6) is 0 Å². The van der Waals surface area contributed by atoms with Crippen LogP contribution < -0.4 is 5.32 Å². The van der Waals surface area contributed by atoms with E-state index in [-0.39, 0.29) is 0 Å². The fraction of sp³-hybridized carbons (Fsp3) is 1.00. The van der Waals surface area contributed by atoms with Crippen LogP contribution in [0.1, 0.15) is 84.0 Å². The zero-order valence-electron chi connectivity index (χ0n) is 12.0. The molecule has 0 bridgehead atoms. The number of rotatable bonds is 13. The van der Waals surface area contributed by atoms with Gasteiger partial charge < -0.3 is 5.32 Å². The van der Waals surface area contributed by atoms with Gasteiger partial charge in [-0.15, -0.1) is 0 Å². The molecule has 1 rings (SSSR count). The second-order valence-corrected chi connectivity index (χ2v) is 5.81. The molecule has 0 saturated heterocycles. The maximum atomic E-state index is 3.58. The predicted molar refractivity (Wildman–Crippen MR) is 77.4 cm³/mol. The van der Waals surface area contributed by atoms with E-state index in [0.29, 0.717) is 0 Å². The molecule has 1 nitrogen and oxygen atoms in total. The van der Waals surface area contributed by atoms with Crippen molar-refractivity contribution in [2.24, 2.45) is 5.92 Å². The third-order valence-electron chi connectivity index (χ3n) is 3.87. The zero-order chi connectivity index (χ0) is 12.2. The second kappa shape index (κ2) is 11.1. The van der Waals surface area contributed by atoms with Gasteiger partial charge in [0.15, 0.2) is 0 Å². The zero-order valence-corrected chi connectivity index (χ0v) is 12.0. The van der Waals surface area contributed by atoms with Crippen LogP contribution in [0.2, 0.25) is 0 Å². The van der Waals surface area contributed by atoms with Crippen LogP contribution in [-0.2, 0) is 0 Å². The highest BCUT2D eigenvalue weighted by Crippen LogP contribution is 2.33. The van der Waals surface area contributed by atoms with Gasteiger partial charge in [0.05, 0.1) is 0 Å². The van der Waals surface area contributed by atoms with Crippen molar-refractivity contribution in [1.29, 1.82) is 0 Å². The fourth-order valence-electron chi connectivity index (χ4n) is 2.43. The Morgan fingerprint density at radius 3 is 2.00 bits per heavy atom. The summed E-state index contributed by atoms with van der Waals surface area (Å²) < 4.78 is 0. The molecule has 1 aliphatic carbocycles. The van der Waals surface area contributed by atoms with E-state index in [0.717, 1.165) is 5.92 Å². The van der Waals surface area contributed by atoms with Crippen molar-refractivity contribution in [2.45, 2.75) is 84.0 Å². The summed E-state index contributed by atoms with van der Waals surface area (Å²) in [6.45, 7) is 4.79. The minimum Gasteiger partial charge on any atom is -0.317 e. The van der Waals surface area contributed by atoms with Gasteiger partial charge in [0.1, 0.15) is 0 Å². The lowest BCUT2D eigenvalue weighted by molar-refractivity contribution is 0.541. The standard InChI is InChI=1S/C16H33N/c1-2-3-4-5-6-7-8-9-14-17-15-10-11-16-12-13-16/h16-17H,2-15H2,1H3. The van der Waals surface area contributed by atoms with E-state index in [2.05, 4.69) is 12.2 Å². The summed E-state index contributed by atoms with van der Waals surface area (Å²) in [4.78, 5) is 0. The average molecular weight is 239 g/mol. The Morgan fingerprint density at radius 1 is 0.765 bits per heavy atom. The summed E-state index contributed by atoms with van der Waals surface area (Å²) in [5.41, 5.74) is 0. The smallest absolute Gasteiger partial charge is 0.00488 e. The third-order valence-corrected chi connectivity index (χ3v) is 3.87. The van der Waals surface area contributed by atoms with Crippen LogP contribution in [-0.4, -0.2) is 13.1 Å². The molecule has 0 aromatic heterocycles. The highest BCUT2D eigenvalue weighted by atomic mass is 14.8. The molecule has 0 spiro atoms. The first-order valence-corrected chi connectivity index (χ1v) is 8.14. The molecule has 0 aliphatic heterocycles. The average Bonchev–Trinajstić information content (AvgIpc) is 3.15. The minimum atomic E-state index is 1.11. The first-order chi connectivity index (χ1) is 8.43. The molecule has 1 N–H and O–H groups in total. The van der Waals surface area contributed by atoms with E-state index >= 15 is 0 Å².